The van der Waals surface area contributed by atoms with Crippen molar-refractivity contribution in [3.8, 4) is 23.0 Å². The molecule has 52 heavy (non-hydrogen) atoms. The number of nitro groups is 2. The van der Waals surface area contributed by atoms with Crippen molar-refractivity contribution in [3.05, 3.63) is 128 Å². The summed E-state index contributed by atoms with van der Waals surface area (Å²) in [4.78, 5) is 63.3. The first kappa shape index (κ1) is 42.9. The van der Waals surface area contributed by atoms with Crippen molar-refractivity contribution in [2.75, 3.05) is 14.1 Å². The Bertz CT molecular complexity index is 1750. The lowest BCUT2D eigenvalue weighted by Gasteiger charge is -2.06. The molecule has 0 saturated carbocycles. The number of nitrogens with one attached hydrogen (secondary N) is 1. The highest BCUT2D eigenvalue weighted by molar-refractivity contribution is 5.70. The smallest absolute Gasteiger partial charge is 0.508 e. The zero-order chi connectivity index (χ0) is 39.1. The fourth-order valence-corrected chi connectivity index (χ4v) is 3.34. The van der Waals surface area contributed by atoms with E-state index < -0.39 is 28.1 Å². The largest absolute Gasteiger partial charge is 0.514 e. The van der Waals surface area contributed by atoms with Gasteiger partial charge in [0.1, 0.15) is 36.2 Å². The van der Waals surface area contributed by atoms with E-state index in [-0.39, 0.29) is 42.1 Å². The molecular formula is C34H36N4O14. The molecule has 0 heterocycles. The van der Waals surface area contributed by atoms with Crippen molar-refractivity contribution in [1.29, 1.82) is 0 Å². The third-order valence-corrected chi connectivity index (χ3v) is 5.61. The normalized spacial score (nSPS) is 9.33. The molecule has 276 valence electrons. The second-order valence-corrected chi connectivity index (χ2v) is 9.47. The van der Waals surface area contributed by atoms with Gasteiger partial charge in [-0.1, -0.05) is 24.3 Å². The number of ether oxygens (including phenoxy) is 5. The Labute approximate surface area is 296 Å². The summed E-state index contributed by atoms with van der Waals surface area (Å²) in [7, 11) is 2.99. The molecule has 0 aliphatic carbocycles. The second-order valence-electron chi connectivity index (χ2n) is 9.47. The van der Waals surface area contributed by atoms with Crippen LogP contribution in [0.4, 0.5) is 21.0 Å². The maximum Gasteiger partial charge on any atom is 0.514 e. The van der Waals surface area contributed by atoms with Crippen molar-refractivity contribution in [1.82, 2.24) is 5.32 Å². The second kappa shape index (κ2) is 23.3. The average molecular weight is 725 g/mol. The molecule has 4 aromatic carbocycles. The minimum atomic E-state index is -0.937. The number of alkyl carbamates (subject to hydrolysis) is 1. The Morgan fingerprint density at radius 1 is 0.615 bits per heavy atom. The Balaban J connectivity index is 0.000000415. The number of phenolic OH excluding ortho intramolecular Hbond substituents is 1. The van der Waals surface area contributed by atoms with E-state index in [4.69, 9.17) is 28.8 Å². The number of phenols is 1. The maximum absolute atomic E-state index is 11.6. The molecule has 0 unspecified atom stereocenters. The van der Waals surface area contributed by atoms with Crippen LogP contribution >= 0.6 is 0 Å². The van der Waals surface area contributed by atoms with E-state index in [1.54, 1.807) is 48.5 Å². The van der Waals surface area contributed by atoms with E-state index in [2.05, 4.69) is 11.1 Å². The molecule has 4 rings (SSSR count). The minimum Gasteiger partial charge on any atom is -0.508 e. The maximum atomic E-state index is 11.6. The van der Waals surface area contributed by atoms with Crippen molar-refractivity contribution in [3.63, 3.8) is 0 Å². The number of nitro benzene ring substituents is 2. The summed E-state index contributed by atoms with van der Waals surface area (Å²) in [6.45, 7) is 2.78. The van der Waals surface area contributed by atoms with Gasteiger partial charge in [-0.2, -0.15) is 0 Å². The topological polar surface area (TPSA) is 259 Å². The number of carbonyl (C=O) groups excluding carboxylic acids is 4. The van der Waals surface area contributed by atoms with Crippen LogP contribution in [0.1, 0.15) is 25.0 Å². The first-order valence-corrected chi connectivity index (χ1v) is 14.7. The highest BCUT2D eigenvalue weighted by atomic mass is 16.7. The van der Waals surface area contributed by atoms with E-state index in [0.717, 1.165) is 5.56 Å². The number of non-ortho nitro benzene ring substituents is 2. The Kier molecular flexibility index (Phi) is 19.2. The van der Waals surface area contributed by atoms with E-state index in [0.29, 0.717) is 17.1 Å². The first-order valence-electron chi connectivity index (χ1n) is 14.7. The lowest BCUT2D eigenvalue weighted by Crippen LogP contribution is -2.18. The molecule has 0 radical (unpaired) electrons. The van der Waals surface area contributed by atoms with Gasteiger partial charge in [-0.05, 0) is 66.7 Å². The zero-order valence-electron chi connectivity index (χ0n) is 28.4. The number of nitrogens with two attached hydrogens (primary N) is 1. The predicted molar refractivity (Wildman–Crippen MR) is 184 cm³/mol. The van der Waals surface area contributed by atoms with Gasteiger partial charge in [-0.25, -0.2) is 9.59 Å². The van der Waals surface area contributed by atoms with Gasteiger partial charge in [0.05, 0.1) is 9.85 Å². The molecule has 4 N–H and O–H groups in total. The number of hydrogen-bond donors (Lipinski definition) is 3. The van der Waals surface area contributed by atoms with Crippen LogP contribution in [0.2, 0.25) is 0 Å². The summed E-state index contributed by atoms with van der Waals surface area (Å²) in [5, 5.41) is 31.6. The Morgan fingerprint density at radius 3 is 1.33 bits per heavy atom. The number of amides is 1. The SMILES string of the molecule is CC(=O)Oc1ccc(COC(=O)Oc2ccc([N+](=O)[O-])cc2)cc1.CN.CNC(=O)OCc1ccc(OC(C)=O)cc1.O=[N+]([O-])c1ccc(O)cc1. The fraction of sp³-hybridized carbons (Fsp3) is 0.176. The lowest BCUT2D eigenvalue weighted by atomic mass is 10.2. The third kappa shape index (κ3) is 17.9. The predicted octanol–water partition coefficient (Wildman–Crippen LogP) is 5.58. The number of aromatic hydroxyl groups is 1. The molecule has 18 heteroatoms. The molecule has 0 saturated heterocycles. The Hall–Kier alpha value is -7.08. The highest BCUT2D eigenvalue weighted by Gasteiger charge is 2.10. The van der Waals surface area contributed by atoms with Gasteiger partial charge in [0, 0.05) is 45.2 Å². The molecule has 18 nitrogen and oxygen atoms in total. The van der Waals surface area contributed by atoms with Crippen LogP contribution in [-0.4, -0.2) is 53.2 Å². The summed E-state index contributed by atoms with van der Waals surface area (Å²) in [5.74, 6) is 0.234. The standard InChI is InChI=1S/C16H13NO7.C11H13NO4.C6H5NO3.CH5N/c1-11(18)23-14-6-2-12(3-7-14)10-22-16(19)24-15-8-4-13(5-9-15)17(20)21;1-8(13)16-10-5-3-9(4-6-10)7-15-11(14)12-2;8-6-3-1-5(2-4-6)7(9)10;1-2/h2-9H,10H2,1H3;3-6H,7H2,1-2H3,(H,12,14);1-4,8H;2H2,1H3. The van der Waals surface area contributed by atoms with Crippen molar-refractivity contribution >= 4 is 35.6 Å². The van der Waals surface area contributed by atoms with Gasteiger partial charge in [0.15, 0.2) is 0 Å². The van der Waals surface area contributed by atoms with E-state index in [9.17, 15) is 39.4 Å². The number of nitrogens with zero attached hydrogens (tertiary/aromatic N) is 2. The van der Waals surface area contributed by atoms with E-state index in [1.165, 1.54) is 76.5 Å². The Morgan fingerprint density at radius 2 is 0.962 bits per heavy atom. The number of esters is 2. The number of benzene rings is 4. The van der Waals surface area contributed by atoms with Crippen molar-refractivity contribution in [2.45, 2.75) is 27.1 Å². The summed E-state index contributed by atoms with van der Waals surface area (Å²) in [6.07, 6.45) is -1.42. The van der Waals surface area contributed by atoms with Gasteiger partial charge < -0.3 is 39.8 Å². The zero-order valence-corrected chi connectivity index (χ0v) is 28.4. The molecule has 0 spiro atoms. The molecule has 0 aliphatic heterocycles. The van der Waals surface area contributed by atoms with Crippen LogP contribution in [0, 0.1) is 20.2 Å². The number of hydrogen-bond acceptors (Lipinski definition) is 15. The molecule has 0 aliphatic rings. The van der Waals surface area contributed by atoms with E-state index >= 15 is 0 Å². The first-order chi connectivity index (χ1) is 24.7. The quantitative estimate of drug-likeness (QED) is 0.0626. The van der Waals surface area contributed by atoms with Gasteiger partial charge in [-0.15, -0.1) is 0 Å². The molecule has 4 aromatic rings. The number of rotatable bonds is 9. The fourth-order valence-electron chi connectivity index (χ4n) is 3.34. The van der Waals surface area contributed by atoms with Crippen LogP contribution in [0.3, 0.4) is 0 Å². The molecule has 0 bridgehead atoms. The van der Waals surface area contributed by atoms with Gasteiger partial charge in [0.25, 0.3) is 11.4 Å². The highest BCUT2D eigenvalue weighted by Crippen LogP contribution is 2.19. The van der Waals surface area contributed by atoms with Crippen molar-refractivity contribution < 1.29 is 57.8 Å². The van der Waals surface area contributed by atoms with Crippen LogP contribution < -0.4 is 25.3 Å². The molecular weight excluding hydrogens is 688 g/mol. The van der Waals surface area contributed by atoms with Gasteiger partial charge >= 0.3 is 24.2 Å². The molecule has 0 fully saturated rings. The lowest BCUT2D eigenvalue weighted by molar-refractivity contribution is -0.385. The average Bonchev–Trinajstić information content (AvgIpc) is 3.12. The van der Waals surface area contributed by atoms with Crippen LogP contribution in [-0.2, 0) is 32.3 Å². The minimum absolute atomic E-state index is 0.0159. The number of carbonyl (C=O) groups is 4. The summed E-state index contributed by atoms with van der Waals surface area (Å²) in [6, 6.07) is 23.2. The molecule has 0 atom stereocenters. The summed E-state index contributed by atoms with van der Waals surface area (Å²) in [5.41, 5.74) is 5.87. The molecule has 1 amide bonds. The van der Waals surface area contributed by atoms with Crippen molar-refractivity contribution in [2.24, 2.45) is 5.73 Å². The van der Waals surface area contributed by atoms with E-state index in [1.807, 2.05) is 0 Å². The van der Waals surface area contributed by atoms with Crippen LogP contribution in [0.25, 0.3) is 0 Å². The molecule has 0 aromatic heterocycles. The van der Waals surface area contributed by atoms with Crippen LogP contribution in [0.15, 0.2) is 97.1 Å². The third-order valence-electron chi connectivity index (χ3n) is 5.61. The summed E-state index contributed by atoms with van der Waals surface area (Å²) >= 11 is 0. The van der Waals surface area contributed by atoms with Gasteiger partial charge in [-0.3, -0.25) is 29.8 Å². The van der Waals surface area contributed by atoms with Crippen LogP contribution in [0.5, 0.6) is 23.0 Å². The van der Waals surface area contributed by atoms with Gasteiger partial charge in [0.2, 0.25) is 0 Å². The monoisotopic (exact) mass is 724 g/mol. The summed E-state index contributed by atoms with van der Waals surface area (Å²) < 4.78 is 24.4.